The highest BCUT2D eigenvalue weighted by atomic mass is 16.5. The maximum Gasteiger partial charge on any atom is 0.407 e. The van der Waals surface area contributed by atoms with Gasteiger partial charge in [0.25, 0.3) is 0 Å². The number of amides is 1. The number of hydrogen-bond donors (Lipinski definition) is 1. The summed E-state index contributed by atoms with van der Waals surface area (Å²) in [6.45, 7) is 2.47. The lowest BCUT2D eigenvalue weighted by Gasteiger charge is -2.33. The van der Waals surface area contributed by atoms with Gasteiger partial charge in [-0.2, -0.15) is 0 Å². The van der Waals surface area contributed by atoms with Crippen molar-refractivity contribution >= 4 is 17.1 Å². The van der Waals surface area contributed by atoms with E-state index in [9.17, 15) is 9.90 Å². The van der Waals surface area contributed by atoms with Crippen molar-refractivity contribution in [2.24, 2.45) is 0 Å². The molecule has 32 heavy (non-hydrogen) atoms. The van der Waals surface area contributed by atoms with E-state index in [2.05, 4.69) is 28.6 Å². The summed E-state index contributed by atoms with van der Waals surface area (Å²) in [5, 5.41) is 9.39. The first-order valence-electron chi connectivity index (χ1n) is 11.3. The zero-order chi connectivity index (χ0) is 22.1. The number of para-hydroxylation sites is 2. The van der Waals surface area contributed by atoms with Gasteiger partial charge in [-0.15, -0.1) is 0 Å². The lowest BCUT2D eigenvalue weighted by atomic mass is 9.91. The van der Waals surface area contributed by atoms with Crippen molar-refractivity contribution < 1.29 is 14.6 Å². The molecule has 0 spiro atoms. The quantitative estimate of drug-likeness (QED) is 0.662. The number of imidazole rings is 1. The number of carbonyl (C=O) groups is 1. The Morgan fingerprint density at radius 1 is 1.28 bits per heavy atom. The van der Waals surface area contributed by atoms with Crippen LogP contribution in [0, 0.1) is 0 Å². The number of pyridine rings is 1. The number of fused-ring (bicyclic) bond motifs is 2. The molecule has 3 aromatic rings. The van der Waals surface area contributed by atoms with E-state index < -0.39 is 6.09 Å². The van der Waals surface area contributed by atoms with Gasteiger partial charge in [0, 0.05) is 12.7 Å². The molecule has 2 unspecified atom stereocenters. The molecular weight excluding hydrogens is 406 g/mol. The van der Waals surface area contributed by atoms with Gasteiger partial charge in [0.05, 0.1) is 55.1 Å². The van der Waals surface area contributed by atoms with Gasteiger partial charge < -0.3 is 19.3 Å². The van der Waals surface area contributed by atoms with Gasteiger partial charge in [0.1, 0.15) is 5.82 Å². The number of carboxylic acid groups (broad SMARTS) is 1. The molecule has 2 aromatic heterocycles. The van der Waals surface area contributed by atoms with Gasteiger partial charge in [0.2, 0.25) is 0 Å². The molecule has 3 heterocycles. The zero-order valence-electron chi connectivity index (χ0n) is 18.4. The Kier molecular flexibility index (Phi) is 5.80. The first-order chi connectivity index (χ1) is 15.6. The summed E-state index contributed by atoms with van der Waals surface area (Å²) in [5.74, 6) is 0.966. The minimum atomic E-state index is -0.891. The molecule has 0 bridgehead atoms. The van der Waals surface area contributed by atoms with Gasteiger partial charge in [-0.3, -0.25) is 9.88 Å². The largest absolute Gasteiger partial charge is 0.465 e. The predicted octanol–water partition coefficient (Wildman–Crippen LogP) is 3.32. The smallest absolute Gasteiger partial charge is 0.407 e. The molecule has 1 fully saturated rings. The molecule has 5 rings (SSSR count). The minimum absolute atomic E-state index is 0.196. The fourth-order valence-electron chi connectivity index (χ4n) is 5.00. The molecule has 1 amide bonds. The van der Waals surface area contributed by atoms with Crippen LogP contribution in [0.15, 0.2) is 42.6 Å². The highest BCUT2D eigenvalue weighted by Crippen LogP contribution is 2.33. The maximum absolute atomic E-state index is 11.4. The van der Waals surface area contributed by atoms with Crippen molar-refractivity contribution in [1.82, 2.24) is 24.3 Å². The second-order valence-electron chi connectivity index (χ2n) is 8.72. The second-order valence-corrected chi connectivity index (χ2v) is 8.72. The molecule has 1 aromatic carbocycles. The Balaban J connectivity index is 1.41. The van der Waals surface area contributed by atoms with E-state index in [1.165, 1.54) is 16.2 Å². The van der Waals surface area contributed by atoms with Crippen LogP contribution < -0.4 is 0 Å². The summed E-state index contributed by atoms with van der Waals surface area (Å²) in [7, 11) is 2.14. The highest BCUT2D eigenvalue weighted by Gasteiger charge is 2.28. The van der Waals surface area contributed by atoms with E-state index in [-0.39, 0.29) is 12.1 Å². The summed E-state index contributed by atoms with van der Waals surface area (Å²) in [4.78, 5) is 24.9. The third kappa shape index (κ3) is 4.08. The third-order valence-corrected chi connectivity index (χ3v) is 6.62. The van der Waals surface area contributed by atoms with Gasteiger partial charge in [0.15, 0.2) is 0 Å². The monoisotopic (exact) mass is 435 g/mol. The molecule has 168 valence electrons. The van der Waals surface area contributed by atoms with E-state index in [1.807, 2.05) is 30.5 Å². The molecule has 8 nitrogen and oxygen atoms in total. The average Bonchev–Trinajstić information content (AvgIpc) is 3.15. The van der Waals surface area contributed by atoms with Gasteiger partial charge in [-0.25, -0.2) is 9.78 Å². The minimum Gasteiger partial charge on any atom is -0.465 e. The lowest BCUT2D eigenvalue weighted by molar-refractivity contribution is -0.0293. The van der Waals surface area contributed by atoms with Crippen molar-refractivity contribution in [2.75, 3.05) is 26.7 Å². The predicted molar refractivity (Wildman–Crippen MR) is 120 cm³/mol. The van der Waals surface area contributed by atoms with Gasteiger partial charge in [-0.05, 0) is 50.1 Å². The Hall–Kier alpha value is -2.97. The van der Waals surface area contributed by atoms with Crippen LogP contribution in [-0.4, -0.2) is 68.4 Å². The van der Waals surface area contributed by atoms with Crippen LogP contribution >= 0.6 is 0 Å². The number of aromatic nitrogens is 3. The van der Waals surface area contributed by atoms with Crippen LogP contribution in [-0.2, 0) is 24.2 Å². The Bertz CT molecular complexity index is 1110. The molecule has 0 radical (unpaired) electrons. The summed E-state index contributed by atoms with van der Waals surface area (Å²) < 4.78 is 8.12. The fraction of sp³-hybridized carbons (Fsp3) is 0.458. The topological polar surface area (TPSA) is 83.7 Å². The fourth-order valence-corrected chi connectivity index (χ4v) is 5.00. The molecule has 1 aliphatic carbocycles. The molecule has 2 atom stereocenters. The third-order valence-electron chi connectivity index (χ3n) is 6.62. The molecule has 1 saturated heterocycles. The Morgan fingerprint density at radius 3 is 3.03 bits per heavy atom. The van der Waals surface area contributed by atoms with Crippen LogP contribution in [0.2, 0.25) is 0 Å². The lowest BCUT2D eigenvalue weighted by Crippen LogP contribution is -2.46. The maximum atomic E-state index is 11.4. The first kappa shape index (κ1) is 20.9. The summed E-state index contributed by atoms with van der Waals surface area (Å²) in [6.07, 6.45) is 4.13. The number of nitrogens with zero attached hydrogens (tertiary/aromatic N) is 5. The van der Waals surface area contributed by atoms with E-state index >= 15 is 0 Å². The van der Waals surface area contributed by atoms with Crippen molar-refractivity contribution in [3.63, 3.8) is 0 Å². The number of benzene rings is 1. The molecule has 1 aliphatic heterocycles. The van der Waals surface area contributed by atoms with Crippen LogP contribution in [0.5, 0.6) is 0 Å². The number of morpholine rings is 1. The van der Waals surface area contributed by atoms with Crippen molar-refractivity contribution in [1.29, 1.82) is 0 Å². The molecule has 2 aliphatic rings. The second kappa shape index (κ2) is 8.88. The Labute approximate surface area is 187 Å². The number of aryl methyl sites for hydroxylation is 1. The SMILES string of the molecule is CN(Cc1nc2ccccc2n1CC1CN(C(=O)O)CCO1)C1CCCc2cccnc21. The summed E-state index contributed by atoms with van der Waals surface area (Å²) in [6, 6.07) is 12.6. The van der Waals surface area contributed by atoms with Crippen LogP contribution in [0.3, 0.4) is 0 Å². The summed E-state index contributed by atoms with van der Waals surface area (Å²) >= 11 is 0. The van der Waals surface area contributed by atoms with Crippen molar-refractivity contribution in [2.45, 2.75) is 44.5 Å². The van der Waals surface area contributed by atoms with Gasteiger partial charge >= 0.3 is 6.09 Å². The van der Waals surface area contributed by atoms with Gasteiger partial charge in [-0.1, -0.05) is 18.2 Å². The molecule has 8 heteroatoms. The van der Waals surface area contributed by atoms with E-state index in [4.69, 9.17) is 14.7 Å². The van der Waals surface area contributed by atoms with Crippen LogP contribution in [0.4, 0.5) is 4.79 Å². The van der Waals surface area contributed by atoms with E-state index in [1.54, 1.807) is 0 Å². The van der Waals surface area contributed by atoms with E-state index in [0.717, 1.165) is 36.1 Å². The van der Waals surface area contributed by atoms with Crippen LogP contribution in [0.1, 0.15) is 36.0 Å². The van der Waals surface area contributed by atoms with Crippen molar-refractivity contribution in [3.05, 3.63) is 59.7 Å². The zero-order valence-corrected chi connectivity index (χ0v) is 18.4. The number of ether oxygens (including phenoxy) is 1. The highest BCUT2D eigenvalue weighted by molar-refractivity contribution is 5.76. The van der Waals surface area contributed by atoms with Crippen LogP contribution in [0.25, 0.3) is 11.0 Å². The first-order valence-corrected chi connectivity index (χ1v) is 11.3. The number of hydrogen-bond acceptors (Lipinski definition) is 5. The number of rotatable bonds is 5. The molecule has 1 N–H and O–H groups in total. The standard InChI is InChI=1S/C24H29N5O3/c1-27(21-10-4-6-17-7-5-11-25-23(17)21)16-22-26-19-8-2-3-9-20(19)29(22)15-18-14-28(24(30)31)12-13-32-18/h2-3,5,7-9,11,18,21H,4,6,10,12-16H2,1H3,(H,30,31). The summed E-state index contributed by atoms with van der Waals surface area (Å²) in [5.41, 5.74) is 4.52. The normalized spacial score (nSPS) is 21.1. The Morgan fingerprint density at radius 2 is 2.16 bits per heavy atom. The van der Waals surface area contributed by atoms with Crippen molar-refractivity contribution in [3.8, 4) is 0 Å². The molecule has 0 saturated carbocycles. The van der Waals surface area contributed by atoms with E-state index in [0.29, 0.717) is 32.8 Å². The average molecular weight is 436 g/mol. The molecular formula is C24H29N5O3.